The van der Waals surface area contributed by atoms with Gasteiger partial charge in [-0.1, -0.05) is 25.1 Å². The molecule has 3 aromatic rings. The van der Waals surface area contributed by atoms with Crippen LogP contribution in [0.1, 0.15) is 48.7 Å². The third kappa shape index (κ3) is 7.98. The summed E-state index contributed by atoms with van der Waals surface area (Å²) in [5, 5.41) is 2.80. The molecule has 12 heteroatoms. The summed E-state index contributed by atoms with van der Waals surface area (Å²) in [5.74, 6) is -0.556. The lowest BCUT2D eigenvalue weighted by atomic mass is 10.1. The Labute approximate surface area is 230 Å². The molecule has 0 heterocycles. The van der Waals surface area contributed by atoms with Crippen LogP contribution in [0, 0.1) is 0 Å². The predicted molar refractivity (Wildman–Crippen MR) is 142 cm³/mol. The number of hydrogen-bond acceptors (Lipinski definition) is 6. The molecule has 1 unspecified atom stereocenters. The Hall–Kier alpha value is -4.06. The Bertz CT molecular complexity index is 1430. The van der Waals surface area contributed by atoms with Crippen molar-refractivity contribution in [2.75, 3.05) is 11.9 Å². The van der Waals surface area contributed by atoms with Crippen LogP contribution in [0.25, 0.3) is 0 Å². The van der Waals surface area contributed by atoms with Crippen LogP contribution in [-0.4, -0.2) is 38.0 Å². The Balaban J connectivity index is 1.70. The SMILES string of the molecule is CCOC(=O)c1ccc(NC(=O)N(Cc2ccc(OS(=O)(=O)c3cccc(C(F)(F)F)c3)cc2)C(C)CC)cc1. The lowest BCUT2D eigenvalue weighted by Gasteiger charge is -2.29. The average molecular weight is 579 g/mol. The highest BCUT2D eigenvalue weighted by Crippen LogP contribution is 2.31. The Kier molecular flexibility index (Phi) is 9.80. The molecule has 3 rings (SSSR count). The standard InChI is InChI=1S/C28H29F3N2O6S/c1-4-19(3)33(27(35)32-23-13-11-21(12-14-23)26(34)38-5-2)18-20-9-15-24(16-10-20)39-40(36,37)25-8-6-7-22(17-25)28(29,30)31/h6-17,19H,4-5,18H2,1-3H3,(H,32,35). The van der Waals surface area contributed by atoms with E-state index >= 15 is 0 Å². The number of benzene rings is 3. The second kappa shape index (κ2) is 12.9. The number of hydrogen-bond donors (Lipinski definition) is 1. The van der Waals surface area contributed by atoms with E-state index in [0.29, 0.717) is 29.3 Å². The number of halogens is 3. The van der Waals surface area contributed by atoms with Gasteiger partial charge in [0.25, 0.3) is 0 Å². The van der Waals surface area contributed by atoms with Crippen molar-refractivity contribution in [1.82, 2.24) is 4.90 Å². The molecule has 0 saturated heterocycles. The first-order chi connectivity index (χ1) is 18.8. The molecule has 1 N–H and O–H groups in total. The number of amides is 2. The van der Waals surface area contributed by atoms with Crippen LogP contribution in [0.3, 0.4) is 0 Å². The summed E-state index contributed by atoms with van der Waals surface area (Å²) in [7, 11) is -4.51. The van der Waals surface area contributed by atoms with Gasteiger partial charge in [0.15, 0.2) is 0 Å². The molecule has 0 saturated carbocycles. The summed E-state index contributed by atoms with van der Waals surface area (Å²) in [6, 6.07) is 14.9. The fourth-order valence-electron chi connectivity index (χ4n) is 3.60. The number of alkyl halides is 3. The highest BCUT2D eigenvalue weighted by Gasteiger charge is 2.32. The number of carbonyl (C=O) groups is 2. The summed E-state index contributed by atoms with van der Waals surface area (Å²) >= 11 is 0. The molecule has 0 fully saturated rings. The van der Waals surface area contributed by atoms with Gasteiger partial charge in [0, 0.05) is 18.3 Å². The third-order valence-electron chi connectivity index (χ3n) is 5.96. The maximum atomic E-state index is 13.1. The molecule has 0 aliphatic rings. The molecule has 214 valence electrons. The van der Waals surface area contributed by atoms with Gasteiger partial charge in [-0.2, -0.15) is 21.6 Å². The molecule has 2 amide bonds. The van der Waals surface area contributed by atoms with E-state index in [4.69, 9.17) is 8.92 Å². The van der Waals surface area contributed by atoms with Gasteiger partial charge in [-0.3, -0.25) is 0 Å². The summed E-state index contributed by atoms with van der Waals surface area (Å²) in [6.07, 6.45) is -4.04. The third-order valence-corrected chi connectivity index (χ3v) is 7.21. The number of nitrogens with zero attached hydrogens (tertiary/aromatic N) is 1. The first-order valence-electron chi connectivity index (χ1n) is 12.4. The number of ether oxygens (including phenoxy) is 1. The van der Waals surface area contributed by atoms with E-state index in [1.54, 1.807) is 48.2 Å². The molecule has 0 spiro atoms. The molecule has 0 radical (unpaired) electrons. The molecule has 0 aliphatic heterocycles. The van der Waals surface area contributed by atoms with Crippen molar-refractivity contribution < 1.29 is 40.1 Å². The van der Waals surface area contributed by atoms with Crippen LogP contribution in [0.15, 0.2) is 77.7 Å². The van der Waals surface area contributed by atoms with Crippen LogP contribution in [0.2, 0.25) is 0 Å². The Morgan fingerprint density at radius 1 is 0.975 bits per heavy atom. The minimum atomic E-state index is -4.70. The van der Waals surface area contributed by atoms with E-state index in [9.17, 15) is 31.2 Å². The van der Waals surface area contributed by atoms with Crippen molar-refractivity contribution in [3.63, 3.8) is 0 Å². The zero-order chi connectivity index (χ0) is 29.5. The van der Waals surface area contributed by atoms with Gasteiger partial charge in [0.1, 0.15) is 10.6 Å². The lowest BCUT2D eigenvalue weighted by molar-refractivity contribution is -0.137. The molecule has 1 atom stereocenters. The minimum absolute atomic E-state index is 0.0950. The molecule has 8 nitrogen and oxygen atoms in total. The minimum Gasteiger partial charge on any atom is -0.462 e. The molecule has 0 bridgehead atoms. The first-order valence-corrected chi connectivity index (χ1v) is 13.8. The van der Waals surface area contributed by atoms with Gasteiger partial charge >= 0.3 is 28.3 Å². The molecule has 0 aliphatic carbocycles. The number of anilines is 1. The van der Waals surface area contributed by atoms with E-state index < -0.39 is 32.7 Å². The number of nitrogens with one attached hydrogen (secondary N) is 1. The van der Waals surface area contributed by atoms with Crippen molar-refractivity contribution in [1.29, 1.82) is 0 Å². The van der Waals surface area contributed by atoms with Gasteiger partial charge < -0.3 is 19.1 Å². The smallest absolute Gasteiger partial charge is 0.416 e. The molecule has 40 heavy (non-hydrogen) atoms. The maximum absolute atomic E-state index is 13.1. The summed E-state index contributed by atoms with van der Waals surface area (Å²) < 4.78 is 74.0. The second-order valence-corrected chi connectivity index (χ2v) is 10.4. The topological polar surface area (TPSA) is 102 Å². The zero-order valence-corrected chi connectivity index (χ0v) is 22.9. The number of carbonyl (C=O) groups excluding carboxylic acids is 2. The van der Waals surface area contributed by atoms with Crippen molar-refractivity contribution >= 4 is 27.8 Å². The molecule has 0 aromatic heterocycles. The fraction of sp³-hybridized carbons (Fsp3) is 0.286. The van der Waals surface area contributed by atoms with Gasteiger partial charge in [-0.05, 0) is 80.4 Å². The maximum Gasteiger partial charge on any atom is 0.416 e. The predicted octanol–water partition coefficient (Wildman–Crippen LogP) is 6.48. The lowest BCUT2D eigenvalue weighted by Crippen LogP contribution is -2.40. The Morgan fingerprint density at radius 3 is 2.20 bits per heavy atom. The highest BCUT2D eigenvalue weighted by atomic mass is 32.2. The van der Waals surface area contributed by atoms with Gasteiger partial charge in [-0.25, -0.2) is 9.59 Å². The summed E-state index contributed by atoms with van der Waals surface area (Å²) in [5.41, 5.74) is 0.397. The molecular weight excluding hydrogens is 549 g/mol. The molecular formula is C28H29F3N2O6S. The average Bonchev–Trinajstić information content (AvgIpc) is 2.92. The zero-order valence-electron chi connectivity index (χ0n) is 22.1. The fourth-order valence-corrected chi connectivity index (χ4v) is 4.57. The van der Waals surface area contributed by atoms with E-state index in [0.717, 1.165) is 18.2 Å². The van der Waals surface area contributed by atoms with Gasteiger partial charge in [0.05, 0.1) is 17.7 Å². The van der Waals surface area contributed by atoms with E-state index in [2.05, 4.69) is 5.32 Å². The van der Waals surface area contributed by atoms with Crippen LogP contribution in [0.5, 0.6) is 5.75 Å². The van der Waals surface area contributed by atoms with Gasteiger partial charge in [-0.15, -0.1) is 0 Å². The normalized spacial score (nSPS) is 12.3. The quantitative estimate of drug-likeness (QED) is 0.218. The number of rotatable bonds is 10. The van der Waals surface area contributed by atoms with E-state index in [1.165, 1.54) is 12.1 Å². The summed E-state index contributed by atoms with van der Waals surface area (Å²) in [4.78, 5) is 25.9. The van der Waals surface area contributed by atoms with Crippen molar-refractivity contribution in [3.8, 4) is 5.75 Å². The van der Waals surface area contributed by atoms with Gasteiger partial charge in [0.2, 0.25) is 0 Å². The van der Waals surface area contributed by atoms with E-state index in [1.807, 2.05) is 13.8 Å². The highest BCUT2D eigenvalue weighted by molar-refractivity contribution is 7.87. The van der Waals surface area contributed by atoms with Crippen molar-refractivity contribution in [2.24, 2.45) is 0 Å². The van der Waals surface area contributed by atoms with E-state index in [-0.39, 0.29) is 31.0 Å². The van der Waals surface area contributed by atoms with Crippen molar-refractivity contribution in [2.45, 2.75) is 50.9 Å². The van der Waals surface area contributed by atoms with Crippen LogP contribution >= 0.6 is 0 Å². The summed E-state index contributed by atoms with van der Waals surface area (Å²) in [6.45, 7) is 5.94. The second-order valence-electron chi connectivity index (χ2n) is 8.82. The first kappa shape index (κ1) is 30.5. The van der Waals surface area contributed by atoms with Crippen LogP contribution < -0.4 is 9.50 Å². The largest absolute Gasteiger partial charge is 0.462 e. The van der Waals surface area contributed by atoms with Crippen LogP contribution in [0.4, 0.5) is 23.7 Å². The number of esters is 1. The Morgan fingerprint density at radius 2 is 1.62 bits per heavy atom. The molecule has 3 aromatic carbocycles. The van der Waals surface area contributed by atoms with Crippen molar-refractivity contribution in [3.05, 3.63) is 89.5 Å². The monoisotopic (exact) mass is 578 g/mol. The number of urea groups is 1. The van der Waals surface area contributed by atoms with Crippen LogP contribution in [-0.2, 0) is 27.6 Å².